The summed E-state index contributed by atoms with van der Waals surface area (Å²) in [6, 6.07) is -0.407. The number of esters is 1. The van der Waals surface area contributed by atoms with Crippen molar-refractivity contribution in [2.45, 2.75) is 18.9 Å². The third-order valence-corrected chi connectivity index (χ3v) is 3.45. The van der Waals surface area contributed by atoms with Crippen molar-refractivity contribution in [1.29, 1.82) is 0 Å². The van der Waals surface area contributed by atoms with E-state index in [2.05, 4.69) is 0 Å². The van der Waals surface area contributed by atoms with Gasteiger partial charge in [0.15, 0.2) is 0 Å². The lowest BCUT2D eigenvalue weighted by molar-refractivity contribution is -0.154. The minimum absolute atomic E-state index is 0.0635. The highest BCUT2D eigenvalue weighted by atomic mass is 16.5. The Balaban J connectivity index is 2.41. The fourth-order valence-electron chi connectivity index (χ4n) is 2.14. The molecule has 1 fully saturated rings. The predicted octanol–water partition coefficient (Wildman–Crippen LogP) is -0.942. The molecule has 1 aliphatic heterocycles. The standard InChI is InChI=1S/C13H25N3O4/c1-15(6-3-5-14)12(17)4-7-16-8-9-20-10-11(16)13(18)19-2/h11H,3-10,14H2,1-2H3. The van der Waals surface area contributed by atoms with Crippen LogP contribution >= 0.6 is 0 Å². The molecule has 7 heteroatoms. The van der Waals surface area contributed by atoms with Crippen LogP contribution in [0.3, 0.4) is 0 Å². The molecule has 1 saturated heterocycles. The first kappa shape index (κ1) is 16.9. The van der Waals surface area contributed by atoms with Crippen LogP contribution in [0.2, 0.25) is 0 Å². The molecule has 1 aliphatic rings. The van der Waals surface area contributed by atoms with Crippen molar-refractivity contribution in [2.24, 2.45) is 5.73 Å². The molecule has 0 bridgehead atoms. The quantitative estimate of drug-likeness (QED) is 0.608. The molecule has 1 atom stereocenters. The van der Waals surface area contributed by atoms with Crippen LogP contribution in [0, 0.1) is 0 Å². The minimum atomic E-state index is -0.407. The van der Waals surface area contributed by atoms with Gasteiger partial charge in [0.05, 0.1) is 20.3 Å². The van der Waals surface area contributed by atoms with Gasteiger partial charge in [-0.2, -0.15) is 0 Å². The molecule has 0 saturated carbocycles. The van der Waals surface area contributed by atoms with Gasteiger partial charge in [-0.15, -0.1) is 0 Å². The average molecular weight is 287 g/mol. The second-order valence-corrected chi connectivity index (χ2v) is 4.86. The van der Waals surface area contributed by atoms with E-state index < -0.39 is 6.04 Å². The Labute approximate surface area is 120 Å². The van der Waals surface area contributed by atoms with Crippen molar-refractivity contribution in [2.75, 3.05) is 53.6 Å². The second-order valence-electron chi connectivity index (χ2n) is 4.86. The van der Waals surface area contributed by atoms with Gasteiger partial charge in [-0.3, -0.25) is 14.5 Å². The zero-order valence-corrected chi connectivity index (χ0v) is 12.3. The van der Waals surface area contributed by atoms with E-state index >= 15 is 0 Å². The number of carbonyl (C=O) groups excluding carboxylic acids is 2. The lowest BCUT2D eigenvalue weighted by Crippen LogP contribution is -2.51. The van der Waals surface area contributed by atoms with E-state index in [1.54, 1.807) is 11.9 Å². The van der Waals surface area contributed by atoms with Crippen LogP contribution in [0.15, 0.2) is 0 Å². The van der Waals surface area contributed by atoms with Crippen molar-refractivity contribution >= 4 is 11.9 Å². The van der Waals surface area contributed by atoms with E-state index in [0.29, 0.717) is 45.8 Å². The molecule has 1 unspecified atom stereocenters. The van der Waals surface area contributed by atoms with Crippen LogP contribution in [0.1, 0.15) is 12.8 Å². The third-order valence-electron chi connectivity index (χ3n) is 3.45. The molecular weight excluding hydrogens is 262 g/mol. The number of nitrogens with zero attached hydrogens (tertiary/aromatic N) is 2. The first-order chi connectivity index (χ1) is 9.60. The molecule has 20 heavy (non-hydrogen) atoms. The molecule has 2 N–H and O–H groups in total. The Hall–Kier alpha value is -1.18. The van der Waals surface area contributed by atoms with Crippen LogP contribution < -0.4 is 5.73 Å². The summed E-state index contributed by atoms with van der Waals surface area (Å²) in [5.41, 5.74) is 5.42. The van der Waals surface area contributed by atoms with Crippen LogP contribution in [0.4, 0.5) is 0 Å². The van der Waals surface area contributed by atoms with Gasteiger partial charge in [-0.25, -0.2) is 0 Å². The average Bonchev–Trinajstić information content (AvgIpc) is 2.49. The molecule has 1 heterocycles. The normalized spacial score (nSPS) is 19.6. The fourth-order valence-corrected chi connectivity index (χ4v) is 2.14. The third kappa shape index (κ3) is 5.07. The van der Waals surface area contributed by atoms with E-state index in [9.17, 15) is 9.59 Å². The van der Waals surface area contributed by atoms with E-state index in [-0.39, 0.29) is 11.9 Å². The number of rotatable bonds is 7. The van der Waals surface area contributed by atoms with Crippen molar-refractivity contribution in [1.82, 2.24) is 9.80 Å². The summed E-state index contributed by atoms with van der Waals surface area (Å²) in [4.78, 5) is 27.2. The molecule has 0 aromatic rings. The van der Waals surface area contributed by atoms with Gasteiger partial charge >= 0.3 is 5.97 Å². The zero-order valence-electron chi connectivity index (χ0n) is 12.3. The summed E-state index contributed by atoms with van der Waals surface area (Å²) < 4.78 is 10.0. The number of morpholine rings is 1. The number of hydrogen-bond acceptors (Lipinski definition) is 6. The SMILES string of the molecule is COC(=O)C1COCCN1CCC(=O)N(C)CCCN. The highest BCUT2D eigenvalue weighted by Crippen LogP contribution is 2.09. The summed E-state index contributed by atoms with van der Waals surface area (Å²) in [5.74, 6) is -0.248. The zero-order chi connectivity index (χ0) is 15.0. The van der Waals surface area contributed by atoms with Gasteiger partial charge in [0.25, 0.3) is 0 Å². The van der Waals surface area contributed by atoms with Crippen molar-refractivity contribution in [3.8, 4) is 0 Å². The molecule has 0 aliphatic carbocycles. The van der Waals surface area contributed by atoms with Crippen molar-refractivity contribution in [3.63, 3.8) is 0 Å². The number of hydrogen-bond donors (Lipinski definition) is 1. The van der Waals surface area contributed by atoms with Crippen LogP contribution in [-0.4, -0.2) is 81.3 Å². The van der Waals surface area contributed by atoms with Crippen LogP contribution in [0.5, 0.6) is 0 Å². The maximum absolute atomic E-state index is 11.9. The summed E-state index contributed by atoms with van der Waals surface area (Å²) in [6.45, 7) is 3.31. The van der Waals surface area contributed by atoms with E-state index in [1.165, 1.54) is 7.11 Å². The number of nitrogens with two attached hydrogens (primary N) is 1. The van der Waals surface area contributed by atoms with Gasteiger partial charge in [-0.1, -0.05) is 0 Å². The minimum Gasteiger partial charge on any atom is -0.468 e. The lowest BCUT2D eigenvalue weighted by Gasteiger charge is -2.33. The Kier molecular flexibility index (Phi) is 7.50. The number of carbonyl (C=O) groups is 2. The van der Waals surface area contributed by atoms with Gasteiger partial charge < -0.3 is 20.1 Å². The number of methoxy groups -OCH3 is 1. The maximum atomic E-state index is 11.9. The monoisotopic (exact) mass is 287 g/mol. The molecule has 1 amide bonds. The highest BCUT2D eigenvalue weighted by molar-refractivity contribution is 5.77. The van der Waals surface area contributed by atoms with Gasteiger partial charge in [0, 0.05) is 33.1 Å². The summed E-state index contributed by atoms with van der Waals surface area (Å²) >= 11 is 0. The predicted molar refractivity (Wildman–Crippen MR) is 74.1 cm³/mol. The van der Waals surface area contributed by atoms with Crippen LogP contribution in [0.25, 0.3) is 0 Å². The Morgan fingerprint density at radius 2 is 2.25 bits per heavy atom. The Bertz CT molecular complexity index is 325. The van der Waals surface area contributed by atoms with Crippen LogP contribution in [-0.2, 0) is 19.1 Å². The molecule has 0 radical (unpaired) electrons. The summed E-state index contributed by atoms with van der Waals surface area (Å²) in [5, 5.41) is 0. The topological polar surface area (TPSA) is 85.1 Å². The van der Waals surface area contributed by atoms with E-state index in [0.717, 1.165) is 6.42 Å². The first-order valence-corrected chi connectivity index (χ1v) is 6.93. The van der Waals surface area contributed by atoms with E-state index in [4.69, 9.17) is 15.2 Å². The van der Waals surface area contributed by atoms with Gasteiger partial charge in [0.2, 0.25) is 5.91 Å². The fraction of sp³-hybridized carbons (Fsp3) is 0.846. The first-order valence-electron chi connectivity index (χ1n) is 6.93. The number of ether oxygens (including phenoxy) is 2. The van der Waals surface area contributed by atoms with Gasteiger partial charge in [0.1, 0.15) is 6.04 Å². The second kappa shape index (κ2) is 8.89. The number of amides is 1. The summed E-state index contributed by atoms with van der Waals surface area (Å²) in [7, 11) is 3.13. The molecule has 1 rings (SSSR count). The summed E-state index contributed by atoms with van der Waals surface area (Å²) in [6.07, 6.45) is 1.18. The molecule has 0 aromatic carbocycles. The molecule has 7 nitrogen and oxygen atoms in total. The Morgan fingerprint density at radius 1 is 1.50 bits per heavy atom. The van der Waals surface area contributed by atoms with Crippen molar-refractivity contribution < 1.29 is 19.1 Å². The van der Waals surface area contributed by atoms with E-state index in [1.807, 2.05) is 4.90 Å². The smallest absolute Gasteiger partial charge is 0.325 e. The van der Waals surface area contributed by atoms with Gasteiger partial charge in [-0.05, 0) is 13.0 Å². The highest BCUT2D eigenvalue weighted by Gasteiger charge is 2.30. The molecule has 0 spiro atoms. The molecule has 116 valence electrons. The molecule has 0 aromatic heterocycles. The molecular formula is C13H25N3O4. The Morgan fingerprint density at radius 3 is 2.90 bits per heavy atom. The lowest BCUT2D eigenvalue weighted by atomic mass is 10.2. The maximum Gasteiger partial charge on any atom is 0.325 e. The largest absolute Gasteiger partial charge is 0.468 e. The van der Waals surface area contributed by atoms with Crippen molar-refractivity contribution in [3.05, 3.63) is 0 Å².